The second-order valence-corrected chi connectivity index (χ2v) is 11.0. The molecule has 45 heavy (non-hydrogen) atoms. The SMILES string of the molecule is CCCOc1ccc(N2C(=O)NC(=O)/C(=C\c3cc(I)c(OCC(=O)Nc4ccc(C)cc4)c(OCC)c3)C2=O)cc1OCC. The van der Waals surface area contributed by atoms with Gasteiger partial charge in [0, 0.05) is 11.8 Å². The summed E-state index contributed by atoms with van der Waals surface area (Å²) in [7, 11) is 0. The van der Waals surface area contributed by atoms with Gasteiger partial charge in [0.1, 0.15) is 5.57 Å². The van der Waals surface area contributed by atoms with Gasteiger partial charge >= 0.3 is 6.03 Å². The maximum absolute atomic E-state index is 13.6. The zero-order chi connectivity index (χ0) is 32.5. The number of urea groups is 1. The number of rotatable bonds is 13. The molecule has 0 bridgehead atoms. The number of nitrogens with one attached hydrogen (secondary N) is 2. The fourth-order valence-corrected chi connectivity index (χ4v) is 5.12. The number of hydrogen-bond acceptors (Lipinski definition) is 8. The number of carbonyl (C=O) groups is 4. The molecule has 1 aliphatic heterocycles. The molecule has 1 saturated heterocycles. The number of hydrogen-bond donors (Lipinski definition) is 2. The molecule has 3 aromatic carbocycles. The van der Waals surface area contributed by atoms with Gasteiger partial charge in [-0.1, -0.05) is 24.6 Å². The largest absolute Gasteiger partial charge is 0.490 e. The van der Waals surface area contributed by atoms with Crippen LogP contribution in [0.25, 0.3) is 6.08 Å². The minimum absolute atomic E-state index is 0.209. The summed E-state index contributed by atoms with van der Waals surface area (Å²) in [6.45, 7) is 8.37. The monoisotopic (exact) mass is 727 g/mol. The molecule has 4 rings (SSSR count). The molecule has 1 heterocycles. The summed E-state index contributed by atoms with van der Waals surface area (Å²) >= 11 is 2.03. The maximum Gasteiger partial charge on any atom is 0.335 e. The van der Waals surface area contributed by atoms with E-state index in [0.29, 0.717) is 57.6 Å². The molecule has 0 radical (unpaired) electrons. The first-order valence-electron chi connectivity index (χ1n) is 14.4. The van der Waals surface area contributed by atoms with Gasteiger partial charge in [0.15, 0.2) is 29.6 Å². The van der Waals surface area contributed by atoms with E-state index in [1.165, 1.54) is 12.1 Å². The number of anilines is 2. The number of imide groups is 2. The zero-order valence-electron chi connectivity index (χ0n) is 25.4. The molecule has 12 heteroatoms. The third-order valence-electron chi connectivity index (χ3n) is 6.37. The lowest BCUT2D eigenvalue weighted by molar-refractivity contribution is -0.122. The molecule has 0 unspecified atom stereocenters. The average Bonchev–Trinajstić information content (AvgIpc) is 3.00. The van der Waals surface area contributed by atoms with Gasteiger partial charge in [0.25, 0.3) is 17.7 Å². The van der Waals surface area contributed by atoms with Crippen LogP contribution in [0.5, 0.6) is 23.0 Å². The molecule has 0 spiro atoms. The Morgan fingerprint density at radius 2 is 1.60 bits per heavy atom. The number of aryl methyl sites for hydroxylation is 1. The minimum Gasteiger partial charge on any atom is -0.490 e. The van der Waals surface area contributed by atoms with Crippen LogP contribution in [-0.2, 0) is 14.4 Å². The quantitative estimate of drug-likeness (QED) is 0.127. The molecule has 1 aliphatic rings. The van der Waals surface area contributed by atoms with Crippen LogP contribution < -0.4 is 34.5 Å². The molecular formula is C33H34IN3O8. The van der Waals surface area contributed by atoms with Crippen LogP contribution >= 0.6 is 22.6 Å². The van der Waals surface area contributed by atoms with Crippen molar-refractivity contribution in [3.8, 4) is 23.0 Å². The van der Waals surface area contributed by atoms with E-state index in [9.17, 15) is 19.2 Å². The van der Waals surface area contributed by atoms with Crippen molar-refractivity contribution in [2.24, 2.45) is 0 Å². The van der Waals surface area contributed by atoms with Crippen LogP contribution in [-0.4, -0.2) is 50.2 Å². The van der Waals surface area contributed by atoms with Crippen molar-refractivity contribution in [1.82, 2.24) is 5.32 Å². The van der Waals surface area contributed by atoms with Gasteiger partial charge in [-0.2, -0.15) is 0 Å². The zero-order valence-corrected chi connectivity index (χ0v) is 27.6. The second-order valence-electron chi connectivity index (χ2n) is 9.84. The minimum atomic E-state index is -0.885. The van der Waals surface area contributed by atoms with Crippen molar-refractivity contribution in [3.63, 3.8) is 0 Å². The third kappa shape index (κ3) is 8.32. The molecule has 11 nitrogen and oxygen atoms in total. The molecule has 0 aromatic heterocycles. The Kier molecular flexibility index (Phi) is 11.4. The first-order chi connectivity index (χ1) is 21.6. The first-order valence-corrected chi connectivity index (χ1v) is 15.5. The molecule has 5 amide bonds. The van der Waals surface area contributed by atoms with Crippen molar-refractivity contribution in [3.05, 3.63) is 74.9 Å². The number of nitrogens with zero attached hydrogens (tertiary/aromatic N) is 1. The first kappa shape index (κ1) is 33.3. The fourth-order valence-electron chi connectivity index (χ4n) is 4.34. The summed E-state index contributed by atoms with van der Waals surface area (Å²) in [5, 5.41) is 5.02. The smallest absolute Gasteiger partial charge is 0.335 e. The molecule has 1 fully saturated rings. The lowest BCUT2D eigenvalue weighted by Gasteiger charge is -2.27. The molecule has 3 aromatic rings. The Labute approximate surface area is 275 Å². The third-order valence-corrected chi connectivity index (χ3v) is 7.18. The number of halogens is 1. The summed E-state index contributed by atoms with van der Waals surface area (Å²) in [5.74, 6) is -0.499. The van der Waals surface area contributed by atoms with Crippen molar-refractivity contribution < 1.29 is 38.1 Å². The Hall–Kier alpha value is -4.59. The lowest BCUT2D eigenvalue weighted by Crippen LogP contribution is -2.54. The summed E-state index contributed by atoms with van der Waals surface area (Å²) in [6, 6.07) is 14.5. The van der Waals surface area contributed by atoms with Gasteiger partial charge in [0.05, 0.1) is 29.1 Å². The van der Waals surface area contributed by atoms with Crippen molar-refractivity contribution in [2.75, 3.05) is 36.6 Å². The number of barbiturate groups is 1. The van der Waals surface area contributed by atoms with E-state index in [1.807, 2.05) is 55.5 Å². The molecule has 0 atom stereocenters. The van der Waals surface area contributed by atoms with Crippen molar-refractivity contribution in [2.45, 2.75) is 34.1 Å². The predicted molar refractivity (Wildman–Crippen MR) is 178 cm³/mol. The van der Waals surface area contributed by atoms with Crippen LogP contribution in [0.15, 0.2) is 60.2 Å². The van der Waals surface area contributed by atoms with Gasteiger partial charge < -0.3 is 24.3 Å². The molecule has 0 saturated carbocycles. The topological polar surface area (TPSA) is 132 Å². The van der Waals surface area contributed by atoms with Crippen LogP contribution in [0.1, 0.15) is 38.3 Å². The standard InChI is InChI=1S/C33H34IN3O8/c1-5-14-44-26-13-12-23(18-27(26)42-6-2)37-32(40)24(31(39)36-33(37)41)15-21-16-25(34)30(28(17-21)43-7-3)45-19-29(38)35-22-10-8-20(4)9-11-22/h8-13,15-18H,5-7,14,19H2,1-4H3,(H,35,38)(H,36,39,41)/b24-15+. The molecule has 0 aliphatic carbocycles. The lowest BCUT2D eigenvalue weighted by atomic mass is 10.1. The second kappa shape index (κ2) is 15.4. The van der Waals surface area contributed by atoms with Crippen molar-refractivity contribution in [1.29, 1.82) is 0 Å². The van der Waals surface area contributed by atoms with Gasteiger partial charge in [-0.15, -0.1) is 0 Å². The molecule has 236 valence electrons. The van der Waals surface area contributed by atoms with Crippen molar-refractivity contribution >= 4 is 63.8 Å². The number of amides is 5. The van der Waals surface area contributed by atoms with Crippen LogP contribution in [0.3, 0.4) is 0 Å². The summed E-state index contributed by atoms with van der Waals surface area (Å²) in [5.41, 5.74) is 2.12. The van der Waals surface area contributed by atoms with Crippen LogP contribution in [0, 0.1) is 10.5 Å². The predicted octanol–water partition coefficient (Wildman–Crippen LogP) is 5.87. The number of benzene rings is 3. The fraction of sp³-hybridized carbons (Fsp3) is 0.273. The number of carbonyl (C=O) groups excluding carboxylic acids is 4. The van der Waals surface area contributed by atoms with E-state index in [0.717, 1.165) is 16.9 Å². The molecule has 2 N–H and O–H groups in total. The highest BCUT2D eigenvalue weighted by Crippen LogP contribution is 2.36. The Bertz CT molecular complexity index is 1620. The molecular weight excluding hydrogens is 693 g/mol. The number of ether oxygens (including phenoxy) is 4. The van der Waals surface area contributed by atoms with E-state index >= 15 is 0 Å². The summed E-state index contributed by atoms with van der Waals surface area (Å²) in [6.07, 6.45) is 2.16. The maximum atomic E-state index is 13.6. The van der Waals surface area contributed by atoms with E-state index in [1.54, 1.807) is 43.3 Å². The van der Waals surface area contributed by atoms with Crippen LogP contribution in [0.4, 0.5) is 16.2 Å². The summed E-state index contributed by atoms with van der Waals surface area (Å²) in [4.78, 5) is 52.7. The highest BCUT2D eigenvalue weighted by Gasteiger charge is 2.37. The van der Waals surface area contributed by atoms with Gasteiger partial charge in [0.2, 0.25) is 0 Å². The average molecular weight is 728 g/mol. The normalized spacial score (nSPS) is 13.8. The highest BCUT2D eigenvalue weighted by molar-refractivity contribution is 14.1. The van der Waals surface area contributed by atoms with E-state index < -0.39 is 17.8 Å². The van der Waals surface area contributed by atoms with E-state index in [-0.39, 0.29) is 23.8 Å². The van der Waals surface area contributed by atoms with Gasteiger partial charge in [-0.25, -0.2) is 9.69 Å². The highest BCUT2D eigenvalue weighted by atomic mass is 127. The van der Waals surface area contributed by atoms with E-state index in [2.05, 4.69) is 10.6 Å². The van der Waals surface area contributed by atoms with Gasteiger partial charge in [-0.3, -0.25) is 19.7 Å². The Morgan fingerprint density at radius 1 is 0.889 bits per heavy atom. The Morgan fingerprint density at radius 3 is 2.29 bits per heavy atom. The van der Waals surface area contributed by atoms with Crippen LogP contribution in [0.2, 0.25) is 0 Å². The Balaban J connectivity index is 1.59. The van der Waals surface area contributed by atoms with E-state index in [4.69, 9.17) is 18.9 Å². The van der Waals surface area contributed by atoms with Gasteiger partial charge in [-0.05, 0) is 97.8 Å². The summed E-state index contributed by atoms with van der Waals surface area (Å²) < 4.78 is 23.6.